The van der Waals surface area contributed by atoms with Crippen LogP contribution in [0.1, 0.15) is 18.1 Å². The predicted octanol–water partition coefficient (Wildman–Crippen LogP) is 2.18. The number of rotatable bonds is 1. The van der Waals surface area contributed by atoms with E-state index >= 15 is 0 Å². The van der Waals surface area contributed by atoms with E-state index in [0.717, 1.165) is 16.5 Å². The van der Waals surface area contributed by atoms with Gasteiger partial charge in [-0.05, 0) is 22.4 Å². The van der Waals surface area contributed by atoms with Crippen molar-refractivity contribution in [3.05, 3.63) is 21.7 Å². The number of carboxylic acid groups (broad SMARTS) is 1. The van der Waals surface area contributed by atoms with Crippen molar-refractivity contribution in [2.24, 2.45) is 0 Å². The maximum absolute atomic E-state index is 10.4. The second-order valence-corrected chi connectivity index (χ2v) is 4.15. The summed E-state index contributed by atoms with van der Waals surface area (Å²) in [6, 6.07) is 1.68. The predicted molar refractivity (Wildman–Crippen MR) is 64.2 cm³/mol. The van der Waals surface area contributed by atoms with Gasteiger partial charge in [0.15, 0.2) is 11.5 Å². The summed E-state index contributed by atoms with van der Waals surface area (Å²) in [6.45, 7) is 2.17. The van der Waals surface area contributed by atoms with Gasteiger partial charge >= 0.3 is 5.97 Å². The fourth-order valence-electron chi connectivity index (χ4n) is 1.62. The summed E-state index contributed by atoms with van der Waals surface area (Å²) in [5.74, 6) is 4.83. The zero-order valence-electron chi connectivity index (χ0n) is 9.04. The summed E-state index contributed by atoms with van der Waals surface area (Å²) in [5.41, 5.74) is 1.53. The first-order valence-corrected chi connectivity index (χ1v) is 5.78. The van der Waals surface area contributed by atoms with Gasteiger partial charge in [-0.1, -0.05) is 12.8 Å². The van der Waals surface area contributed by atoms with Crippen LogP contribution in [-0.2, 0) is 11.2 Å². The number of hydrogen-bond donors (Lipinski definition) is 1. The maximum atomic E-state index is 10.4. The SMILES string of the molecule is CCc1c(Br)c(C#CC(=O)O)cc2c1OCO2. The Balaban J connectivity index is 2.56. The molecule has 1 N–H and O–H groups in total. The summed E-state index contributed by atoms with van der Waals surface area (Å²) in [6.07, 6.45) is 0.745. The number of benzene rings is 1. The van der Waals surface area contributed by atoms with Gasteiger partial charge in [0.2, 0.25) is 6.79 Å². The minimum Gasteiger partial charge on any atom is -0.472 e. The number of halogens is 1. The number of carbonyl (C=O) groups is 1. The third-order valence-corrected chi connectivity index (χ3v) is 3.26. The van der Waals surface area contributed by atoms with Crippen molar-refractivity contribution < 1.29 is 19.4 Å². The zero-order chi connectivity index (χ0) is 12.4. The number of carboxylic acids is 1. The highest BCUT2D eigenvalue weighted by atomic mass is 79.9. The van der Waals surface area contributed by atoms with E-state index in [9.17, 15) is 4.79 Å². The fraction of sp³-hybridized carbons (Fsp3) is 0.250. The quantitative estimate of drug-likeness (QED) is 0.807. The summed E-state index contributed by atoms with van der Waals surface area (Å²) < 4.78 is 11.4. The lowest BCUT2D eigenvalue weighted by atomic mass is 10.1. The molecule has 0 radical (unpaired) electrons. The average molecular weight is 297 g/mol. The third kappa shape index (κ3) is 2.22. The lowest BCUT2D eigenvalue weighted by Crippen LogP contribution is -1.94. The highest BCUT2D eigenvalue weighted by Gasteiger charge is 2.21. The van der Waals surface area contributed by atoms with Gasteiger partial charge in [0, 0.05) is 27.6 Å². The van der Waals surface area contributed by atoms with Gasteiger partial charge in [-0.25, -0.2) is 4.79 Å². The van der Waals surface area contributed by atoms with Gasteiger partial charge in [0.1, 0.15) is 0 Å². The van der Waals surface area contributed by atoms with Crippen LogP contribution in [0.4, 0.5) is 0 Å². The van der Waals surface area contributed by atoms with E-state index in [1.54, 1.807) is 6.07 Å². The molecular weight excluding hydrogens is 288 g/mol. The molecule has 0 aromatic heterocycles. The largest absolute Gasteiger partial charge is 0.472 e. The molecule has 5 heteroatoms. The molecule has 1 aromatic carbocycles. The van der Waals surface area contributed by atoms with Gasteiger partial charge in [-0.3, -0.25) is 0 Å². The second-order valence-electron chi connectivity index (χ2n) is 3.36. The Morgan fingerprint density at radius 1 is 1.59 bits per heavy atom. The molecule has 0 fully saturated rings. The van der Waals surface area contributed by atoms with E-state index in [2.05, 4.69) is 27.8 Å². The van der Waals surface area contributed by atoms with Crippen LogP contribution in [0.3, 0.4) is 0 Å². The molecule has 88 valence electrons. The molecule has 0 aliphatic carbocycles. The molecule has 1 heterocycles. The van der Waals surface area contributed by atoms with Crippen molar-refractivity contribution in [1.29, 1.82) is 0 Å². The topological polar surface area (TPSA) is 55.8 Å². The summed E-state index contributed by atoms with van der Waals surface area (Å²) in [4.78, 5) is 10.4. The standard InChI is InChI=1S/C12H9BrO4/c1-2-8-11(13)7(3-4-10(14)15)5-9-12(8)17-6-16-9/h5H,2,6H2,1H3,(H,14,15). The lowest BCUT2D eigenvalue weighted by Gasteiger charge is -2.08. The number of hydrogen-bond acceptors (Lipinski definition) is 3. The molecule has 1 aliphatic heterocycles. The van der Waals surface area contributed by atoms with Crippen molar-refractivity contribution in [3.8, 4) is 23.3 Å². The Morgan fingerprint density at radius 3 is 3.00 bits per heavy atom. The van der Waals surface area contributed by atoms with Crippen LogP contribution in [0.2, 0.25) is 0 Å². The van der Waals surface area contributed by atoms with Crippen LogP contribution in [0, 0.1) is 11.8 Å². The van der Waals surface area contributed by atoms with Gasteiger partial charge in [0.05, 0.1) is 0 Å². The molecule has 4 nitrogen and oxygen atoms in total. The van der Waals surface area contributed by atoms with Crippen molar-refractivity contribution >= 4 is 21.9 Å². The first kappa shape index (κ1) is 11.8. The van der Waals surface area contributed by atoms with E-state index in [1.807, 2.05) is 6.92 Å². The molecule has 0 spiro atoms. The van der Waals surface area contributed by atoms with Crippen molar-refractivity contribution in [2.75, 3.05) is 6.79 Å². The zero-order valence-corrected chi connectivity index (χ0v) is 10.6. The molecule has 0 atom stereocenters. The van der Waals surface area contributed by atoms with E-state index in [1.165, 1.54) is 0 Å². The second kappa shape index (κ2) is 4.68. The Hall–Kier alpha value is -1.67. The Kier molecular flexibility index (Phi) is 3.25. The molecule has 0 unspecified atom stereocenters. The molecule has 1 aliphatic rings. The minimum atomic E-state index is -1.16. The minimum absolute atomic E-state index is 0.185. The lowest BCUT2D eigenvalue weighted by molar-refractivity contribution is -0.130. The first-order valence-electron chi connectivity index (χ1n) is 4.99. The molecule has 17 heavy (non-hydrogen) atoms. The van der Waals surface area contributed by atoms with Crippen LogP contribution in [0.15, 0.2) is 10.5 Å². The third-order valence-electron chi connectivity index (χ3n) is 2.35. The van der Waals surface area contributed by atoms with Gasteiger partial charge < -0.3 is 14.6 Å². The van der Waals surface area contributed by atoms with Crippen LogP contribution >= 0.6 is 15.9 Å². The molecule has 0 bridgehead atoms. The Morgan fingerprint density at radius 2 is 2.35 bits per heavy atom. The molecule has 0 saturated heterocycles. The van der Waals surface area contributed by atoms with Gasteiger partial charge in [0.25, 0.3) is 0 Å². The molecule has 2 rings (SSSR count). The van der Waals surface area contributed by atoms with Crippen molar-refractivity contribution in [1.82, 2.24) is 0 Å². The van der Waals surface area contributed by atoms with Crippen LogP contribution in [0.5, 0.6) is 11.5 Å². The maximum Gasteiger partial charge on any atom is 0.382 e. The van der Waals surface area contributed by atoms with E-state index in [4.69, 9.17) is 14.6 Å². The van der Waals surface area contributed by atoms with Crippen LogP contribution in [0.25, 0.3) is 0 Å². The molecular formula is C12H9BrO4. The van der Waals surface area contributed by atoms with E-state index < -0.39 is 5.97 Å². The Bertz CT molecular complexity index is 540. The molecule has 0 amide bonds. The number of ether oxygens (including phenoxy) is 2. The van der Waals surface area contributed by atoms with E-state index in [-0.39, 0.29) is 6.79 Å². The van der Waals surface area contributed by atoms with Gasteiger partial charge in [-0.2, -0.15) is 0 Å². The average Bonchev–Trinajstić information content (AvgIpc) is 2.74. The summed E-state index contributed by atoms with van der Waals surface area (Å²) in [5, 5.41) is 8.54. The van der Waals surface area contributed by atoms with Gasteiger partial charge in [-0.15, -0.1) is 0 Å². The van der Waals surface area contributed by atoms with Crippen molar-refractivity contribution in [3.63, 3.8) is 0 Å². The normalized spacial score (nSPS) is 11.9. The highest BCUT2D eigenvalue weighted by Crippen LogP contribution is 2.41. The fourth-order valence-corrected chi connectivity index (χ4v) is 2.29. The molecule has 0 saturated carbocycles. The van der Waals surface area contributed by atoms with E-state index in [0.29, 0.717) is 17.1 Å². The first-order chi connectivity index (χ1) is 8.13. The molecule has 1 aromatic rings. The smallest absolute Gasteiger partial charge is 0.382 e. The van der Waals surface area contributed by atoms with Crippen LogP contribution < -0.4 is 9.47 Å². The Labute approximate surface area is 107 Å². The number of aliphatic carboxylic acids is 1. The van der Waals surface area contributed by atoms with Crippen molar-refractivity contribution in [2.45, 2.75) is 13.3 Å². The monoisotopic (exact) mass is 296 g/mol. The highest BCUT2D eigenvalue weighted by molar-refractivity contribution is 9.10. The number of fused-ring (bicyclic) bond motifs is 1. The summed E-state index contributed by atoms with van der Waals surface area (Å²) in [7, 11) is 0. The van der Waals surface area contributed by atoms with Crippen LogP contribution in [-0.4, -0.2) is 17.9 Å². The summed E-state index contributed by atoms with van der Waals surface area (Å²) >= 11 is 3.41.